The Labute approximate surface area is 128 Å². The minimum Gasteiger partial charge on any atom is -0.306 e. The van der Waals surface area contributed by atoms with Crippen LogP contribution in [0.2, 0.25) is 0 Å². The summed E-state index contributed by atoms with van der Waals surface area (Å²) < 4.78 is 0. The highest BCUT2D eigenvalue weighted by Crippen LogP contribution is 2.20. The molecule has 1 aliphatic rings. The SMILES string of the molecule is CCCc1ccccc1NC(=O)/N=C1\SCC(=O)N1CC. The van der Waals surface area contributed by atoms with Crippen molar-refractivity contribution in [3.05, 3.63) is 29.8 Å². The fourth-order valence-electron chi connectivity index (χ4n) is 2.15. The Kier molecular flexibility index (Phi) is 5.38. The summed E-state index contributed by atoms with van der Waals surface area (Å²) in [6, 6.07) is 7.27. The number of thioether (sulfide) groups is 1. The number of urea groups is 1. The van der Waals surface area contributed by atoms with E-state index in [1.807, 2.05) is 31.2 Å². The predicted octanol–water partition coefficient (Wildman–Crippen LogP) is 3.12. The second-order valence-electron chi connectivity index (χ2n) is 4.66. The maximum Gasteiger partial charge on any atom is 0.347 e. The molecule has 1 aromatic carbocycles. The van der Waals surface area contributed by atoms with Crippen LogP contribution in [-0.2, 0) is 11.2 Å². The Morgan fingerprint density at radius 3 is 2.86 bits per heavy atom. The molecular formula is C15H19N3O2S. The number of carbonyl (C=O) groups is 2. The molecule has 0 atom stereocenters. The molecule has 0 radical (unpaired) electrons. The molecule has 1 aliphatic heterocycles. The molecule has 0 unspecified atom stereocenters. The van der Waals surface area contributed by atoms with E-state index < -0.39 is 6.03 Å². The summed E-state index contributed by atoms with van der Waals surface area (Å²) in [6.07, 6.45) is 1.91. The standard InChI is InChI=1S/C15H19N3O2S/c1-3-7-11-8-5-6-9-12(11)16-14(20)17-15-18(4-2)13(19)10-21-15/h5-6,8-9H,3-4,7,10H2,1-2H3,(H,16,20)/b17-15-. The van der Waals surface area contributed by atoms with E-state index in [0.717, 1.165) is 24.1 Å². The minimum atomic E-state index is -0.436. The number of nitrogens with zero attached hydrogens (tertiary/aromatic N) is 2. The van der Waals surface area contributed by atoms with Crippen LogP contribution in [0, 0.1) is 0 Å². The van der Waals surface area contributed by atoms with Gasteiger partial charge < -0.3 is 5.32 Å². The first-order valence-corrected chi connectivity index (χ1v) is 8.05. The fraction of sp³-hybridized carbons (Fsp3) is 0.400. The summed E-state index contributed by atoms with van der Waals surface area (Å²) in [5.41, 5.74) is 1.88. The Bertz CT molecular complexity index is 572. The molecule has 1 saturated heterocycles. The van der Waals surface area contributed by atoms with Gasteiger partial charge in [0.05, 0.1) is 5.75 Å². The zero-order chi connectivity index (χ0) is 15.2. The van der Waals surface area contributed by atoms with E-state index in [4.69, 9.17) is 0 Å². The highest BCUT2D eigenvalue weighted by atomic mass is 32.2. The van der Waals surface area contributed by atoms with Gasteiger partial charge >= 0.3 is 6.03 Å². The molecule has 3 amide bonds. The van der Waals surface area contributed by atoms with Gasteiger partial charge in [0.1, 0.15) is 0 Å². The van der Waals surface area contributed by atoms with Crippen LogP contribution in [0.25, 0.3) is 0 Å². The first kappa shape index (κ1) is 15.6. The molecule has 0 bridgehead atoms. The molecule has 6 heteroatoms. The zero-order valence-corrected chi connectivity index (χ0v) is 13.1. The smallest absolute Gasteiger partial charge is 0.306 e. The van der Waals surface area contributed by atoms with Crippen molar-refractivity contribution in [1.29, 1.82) is 0 Å². The molecule has 1 fully saturated rings. The largest absolute Gasteiger partial charge is 0.347 e. The van der Waals surface area contributed by atoms with Crippen LogP contribution in [0.15, 0.2) is 29.3 Å². The van der Waals surface area contributed by atoms with E-state index >= 15 is 0 Å². The van der Waals surface area contributed by atoms with Gasteiger partial charge in [-0.3, -0.25) is 9.69 Å². The van der Waals surface area contributed by atoms with Crippen molar-refractivity contribution >= 4 is 34.6 Å². The average Bonchev–Trinajstić information content (AvgIpc) is 2.81. The van der Waals surface area contributed by atoms with Crippen LogP contribution in [0.4, 0.5) is 10.5 Å². The summed E-state index contributed by atoms with van der Waals surface area (Å²) in [6.45, 7) is 4.50. The first-order valence-electron chi connectivity index (χ1n) is 7.06. The number of rotatable bonds is 4. The predicted molar refractivity (Wildman–Crippen MR) is 86.7 cm³/mol. The van der Waals surface area contributed by atoms with Crippen LogP contribution in [0.3, 0.4) is 0 Å². The van der Waals surface area contributed by atoms with Crippen molar-refractivity contribution in [3.8, 4) is 0 Å². The van der Waals surface area contributed by atoms with E-state index in [0.29, 0.717) is 17.5 Å². The van der Waals surface area contributed by atoms with Crippen molar-refractivity contribution < 1.29 is 9.59 Å². The van der Waals surface area contributed by atoms with E-state index in [-0.39, 0.29) is 5.91 Å². The average molecular weight is 305 g/mol. The third-order valence-corrected chi connectivity index (χ3v) is 4.11. The normalized spacial score (nSPS) is 16.6. The number of benzene rings is 1. The van der Waals surface area contributed by atoms with Crippen LogP contribution in [-0.4, -0.2) is 34.3 Å². The highest BCUT2D eigenvalue weighted by molar-refractivity contribution is 8.15. The van der Waals surface area contributed by atoms with Crippen LogP contribution < -0.4 is 5.32 Å². The van der Waals surface area contributed by atoms with Gasteiger partial charge in [0.15, 0.2) is 5.17 Å². The molecule has 112 valence electrons. The Hall–Kier alpha value is -1.82. The van der Waals surface area contributed by atoms with Gasteiger partial charge in [0, 0.05) is 12.2 Å². The number of carbonyl (C=O) groups excluding carboxylic acids is 2. The first-order chi connectivity index (χ1) is 10.2. The number of amidine groups is 1. The lowest BCUT2D eigenvalue weighted by molar-refractivity contribution is -0.123. The number of aryl methyl sites for hydroxylation is 1. The summed E-state index contributed by atoms with van der Waals surface area (Å²) in [7, 11) is 0. The van der Waals surface area contributed by atoms with Gasteiger partial charge in [-0.25, -0.2) is 4.79 Å². The lowest BCUT2D eigenvalue weighted by atomic mass is 10.1. The quantitative estimate of drug-likeness (QED) is 0.929. The van der Waals surface area contributed by atoms with Gasteiger partial charge in [0.25, 0.3) is 0 Å². The number of aliphatic imine (C=N–C) groups is 1. The van der Waals surface area contributed by atoms with E-state index in [9.17, 15) is 9.59 Å². The third-order valence-electron chi connectivity index (χ3n) is 3.15. The lowest BCUT2D eigenvalue weighted by Crippen LogP contribution is -2.30. The van der Waals surface area contributed by atoms with Crippen LogP contribution in [0.1, 0.15) is 25.8 Å². The second-order valence-corrected chi connectivity index (χ2v) is 5.60. The van der Waals surface area contributed by atoms with Crippen molar-refractivity contribution in [2.75, 3.05) is 17.6 Å². The van der Waals surface area contributed by atoms with Crippen LogP contribution >= 0.6 is 11.8 Å². The van der Waals surface area contributed by atoms with Gasteiger partial charge in [-0.2, -0.15) is 4.99 Å². The van der Waals surface area contributed by atoms with Crippen LogP contribution in [0.5, 0.6) is 0 Å². The third kappa shape index (κ3) is 3.85. The molecule has 0 aromatic heterocycles. The number of amides is 3. The molecular weight excluding hydrogens is 286 g/mol. The molecule has 1 aromatic rings. The Morgan fingerprint density at radius 1 is 1.38 bits per heavy atom. The number of para-hydroxylation sites is 1. The number of hydrogen-bond acceptors (Lipinski definition) is 3. The zero-order valence-electron chi connectivity index (χ0n) is 12.3. The molecule has 2 rings (SSSR count). The molecule has 0 saturated carbocycles. The molecule has 1 N–H and O–H groups in total. The lowest BCUT2D eigenvalue weighted by Gasteiger charge is -2.13. The van der Waals surface area contributed by atoms with Gasteiger partial charge in [-0.05, 0) is 25.0 Å². The monoisotopic (exact) mass is 305 g/mol. The Balaban J connectivity index is 2.10. The molecule has 0 spiro atoms. The number of nitrogens with one attached hydrogen (secondary N) is 1. The highest BCUT2D eigenvalue weighted by Gasteiger charge is 2.27. The topological polar surface area (TPSA) is 61.8 Å². The van der Waals surface area contributed by atoms with E-state index in [1.54, 1.807) is 0 Å². The van der Waals surface area contributed by atoms with Crippen molar-refractivity contribution in [2.24, 2.45) is 4.99 Å². The molecule has 21 heavy (non-hydrogen) atoms. The fourth-order valence-corrected chi connectivity index (χ4v) is 3.10. The number of anilines is 1. The van der Waals surface area contributed by atoms with Gasteiger partial charge in [-0.1, -0.05) is 43.3 Å². The summed E-state index contributed by atoms with van der Waals surface area (Å²) in [5.74, 6) is 0.354. The van der Waals surface area contributed by atoms with Crippen molar-refractivity contribution in [3.63, 3.8) is 0 Å². The van der Waals surface area contributed by atoms with Crippen molar-refractivity contribution in [1.82, 2.24) is 4.90 Å². The Morgan fingerprint density at radius 2 is 2.14 bits per heavy atom. The molecule has 5 nitrogen and oxygen atoms in total. The maximum absolute atomic E-state index is 12.0. The minimum absolute atomic E-state index is 0.000401. The van der Waals surface area contributed by atoms with Crippen molar-refractivity contribution in [2.45, 2.75) is 26.7 Å². The van der Waals surface area contributed by atoms with Gasteiger partial charge in [0.2, 0.25) is 5.91 Å². The summed E-state index contributed by atoms with van der Waals surface area (Å²) in [4.78, 5) is 29.2. The molecule has 1 heterocycles. The van der Waals surface area contributed by atoms with E-state index in [2.05, 4.69) is 17.2 Å². The summed E-state index contributed by atoms with van der Waals surface area (Å²) >= 11 is 1.30. The summed E-state index contributed by atoms with van der Waals surface area (Å²) in [5, 5.41) is 3.28. The maximum atomic E-state index is 12.0. The van der Waals surface area contributed by atoms with Gasteiger partial charge in [-0.15, -0.1) is 0 Å². The molecule has 0 aliphatic carbocycles. The second kappa shape index (κ2) is 7.26. The number of hydrogen-bond donors (Lipinski definition) is 1. The van der Waals surface area contributed by atoms with E-state index in [1.165, 1.54) is 16.7 Å².